The van der Waals surface area contributed by atoms with E-state index in [2.05, 4.69) is 41.9 Å². The van der Waals surface area contributed by atoms with Gasteiger partial charge < -0.3 is 14.6 Å². The minimum Gasteiger partial charge on any atom is -0.491 e. The van der Waals surface area contributed by atoms with Crippen LogP contribution in [0, 0.1) is 19.8 Å². The van der Waals surface area contributed by atoms with Crippen LogP contribution < -0.4 is 10.1 Å². The quantitative estimate of drug-likeness (QED) is 0.667. The van der Waals surface area contributed by atoms with Gasteiger partial charge in [-0.05, 0) is 56.9 Å². The Bertz CT molecular complexity index is 984. The zero-order valence-corrected chi connectivity index (χ0v) is 16.7. The van der Waals surface area contributed by atoms with Crippen molar-refractivity contribution in [3.8, 4) is 5.75 Å². The van der Waals surface area contributed by atoms with Crippen molar-refractivity contribution in [2.24, 2.45) is 5.92 Å². The van der Waals surface area contributed by atoms with E-state index in [1.165, 1.54) is 0 Å². The lowest BCUT2D eigenvalue weighted by atomic mass is 10.1. The third kappa shape index (κ3) is 3.75. The van der Waals surface area contributed by atoms with Crippen molar-refractivity contribution in [3.05, 3.63) is 59.4 Å². The SMILES string of the molecule is Cc1cccc(C)c1OCCn1c(C(C)NC(=O)C2CC2)nc2ccccc21. The van der Waals surface area contributed by atoms with Crippen molar-refractivity contribution in [2.45, 2.75) is 46.2 Å². The van der Waals surface area contributed by atoms with E-state index in [0.717, 1.165) is 46.6 Å². The van der Waals surface area contributed by atoms with Gasteiger partial charge in [-0.15, -0.1) is 0 Å². The lowest BCUT2D eigenvalue weighted by molar-refractivity contribution is -0.123. The maximum absolute atomic E-state index is 12.2. The summed E-state index contributed by atoms with van der Waals surface area (Å²) in [6.45, 7) is 7.35. The number of benzene rings is 2. The normalized spacial score (nSPS) is 14.8. The van der Waals surface area contributed by atoms with Gasteiger partial charge in [0.25, 0.3) is 0 Å². The second-order valence-corrected chi connectivity index (χ2v) is 7.68. The molecule has 1 N–H and O–H groups in total. The number of nitrogens with one attached hydrogen (secondary N) is 1. The highest BCUT2D eigenvalue weighted by Crippen LogP contribution is 2.30. The van der Waals surface area contributed by atoms with Gasteiger partial charge in [-0.2, -0.15) is 0 Å². The molecule has 0 radical (unpaired) electrons. The standard InChI is InChI=1S/C23H27N3O2/c1-15-7-6-8-16(2)21(15)28-14-13-26-20-10-5-4-9-19(20)25-22(26)17(3)24-23(27)18-11-12-18/h4-10,17-18H,11-14H2,1-3H3,(H,24,27). The molecule has 1 unspecified atom stereocenters. The Labute approximate surface area is 165 Å². The number of fused-ring (bicyclic) bond motifs is 1. The van der Waals surface area contributed by atoms with Gasteiger partial charge in [-0.3, -0.25) is 4.79 Å². The third-order valence-electron chi connectivity index (χ3n) is 5.35. The number of aryl methyl sites for hydroxylation is 2. The summed E-state index contributed by atoms with van der Waals surface area (Å²) < 4.78 is 8.29. The summed E-state index contributed by atoms with van der Waals surface area (Å²) in [5.41, 5.74) is 4.29. The fourth-order valence-corrected chi connectivity index (χ4v) is 3.67. The maximum Gasteiger partial charge on any atom is 0.223 e. The van der Waals surface area contributed by atoms with E-state index in [-0.39, 0.29) is 17.9 Å². The average molecular weight is 377 g/mol. The van der Waals surface area contributed by atoms with E-state index < -0.39 is 0 Å². The van der Waals surface area contributed by atoms with Gasteiger partial charge in [0.05, 0.1) is 23.6 Å². The number of para-hydroxylation sites is 3. The van der Waals surface area contributed by atoms with Crippen LogP contribution in [-0.4, -0.2) is 22.1 Å². The summed E-state index contributed by atoms with van der Waals surface area (Å²) in [5, 5.41) is 3.12. The Balaban J connectivity index is 1.55. The first-order chi connectivity index (χ1) is 13.5. The molecule has 2 aromatic carbocycles. The van der Waals surface area contributed by atoms with Gasteiger partial charge in [0, 0.05) is 5.92 Å². The summed E-state index contributed by atoms with van der Waals surface area (Å²) >= 11 is 0. The number of ether oxygens (including phenoxy) is 1. The second-order valence-electron chi connectivity index (χ2n) is 7.68. The van der Waals surface area contributed by atoms with Crippen LogP contribution in [0.4, 0.5) is 0 Å². The molecule has 1 heterocycles. The number of hydrogen-bond donors (Lipinski definition) is 1. The minimum atomic E-state index is -0.138. The first kappa shape index (κ1) is 18.5. The lowest BCUT2D eigenvalue weighted by Crippen LogP contribution is -2.30. The first-order valence-corrected chi connectivity index (χ1v) is 9.99. The summed E-state index contributed by atoms with van der Waals surface area (Å²) in [6, 6.07) is 14.1. The van der Waals surface area contributed by atoms with Crippen LogP contribution in [0.2, 0.25) is 0 Å². The van der Waals surface area contributed by atoms with Crippen LogP contribution in [0.25, 0.3) is 11.0 Å². The van der Waals surface area contributed by atoms with E-state index in [4.69, 9.17) is 9.72 Å². The van der Waals surface area contributed by atoms with Gasteiger partial charge in [-0.1, -0.05) is 30.3 Å². The summed E-state index contributed by atoms with van der Waals surface area (Å²) in [7, 11) is 0. The molecule has 0 saturated heterocycles. The molecule has 5 heteroatoms. The molecule has 1 aliphatic carbocycles. The van der Waals surface area contributed by atoms with Crippen LogP contribution in [0.3, 0.4) is 0 Å². The smallest absolute Gasteiger partial charge is 0.223 e. The number of hydrogen-bond acceptors (Lipinski definition) is 3. The van der Waals surface area contributed by atoms with Gasteiger partial charge >= 0.3 is 0 Å². The molecule has 0 spiro atoms. The molecule has 1 amide bonds. The molecule has 1 fully saturated rings. The zero-order chi connectivity index (χ0) is 19.7. The molecule has 0 bridgehead atoms. The maximum atomic E-state index is 12.2. The van der Waals surface area contributed by atoms with Gasteiger partial charge in [0.2, 0.25) is 5.91 Å². The number of aromatic nitrogens is 2. The van der Waals surface area contributed by atoms with Crippen molar-refractivity contribution < 1.29 is 9.53 Å². The molecule has 0 aliphatic heterocycles. The third-order valence-corrected chi connectivity index (χ3v) is 5.35. The van der Waals surface area contributed by atoms with E-state index in [9.17, 15) is 4.79 Å². The Morgan fingerprint density at radius 3 is 2.61 bits per heavy atom. The number of amides is 1. The summed E-state index contributed by atoms with van der Waals surface area (Å²) in [5.74, 6) is 2.15. The summed E-state index contributed by atoms with van der Waals surface area (Å²) in [4.78, 5) is 17.0. The Hall–Kier alpha value is -2.82. The second kappa shape index (κ2) is 7.66. The predicted molar refractivity (Wildman–Crippen MR) is 110 cm³/mol. The van der Waals surface area contributed by atoms with Crippen LogP contribution in [0.15, 0.2) is 42.5 Å². The van der Waals surface area contributed by atoms with Crippen LogP contribution in [0.5, 0.6) is 5.75 Å². The van der Waals surface area contributed by atoms with Crippen molar-refractivity contribution in [2.75, 3.05) is 6.61 Å². The van der Waals surface area contributed by atoms with E-state index >= 15 is 0 Å². The van der Waals surface area contributed by atoms with Crippen molar-refractivity contribution in [1.82, 2.24) is 14.9 Å². The highest BCUT2D eigenvalue weighted by molar-refractivity contribution is 5.81. The van der Waals surface area contributed by atoms with Gasteiger partial charge in [0.15, 0.2) is 0 Å². The van der Waals surface area contributed by atoms with Crippen LogP contribution in [0.1, 0.15) is 42.8 Å². The van der Waals surface area contributed by atoms with E-state index in [1.807, 2.05) is 31.2 Å². The molecule has 1 aliphatic rings. The Morgan fingerprint density at radius 2 is 1.89 bits per heavy atom. The van der Waals surface area contributed by atoms with Crippen molar-refractivity contribution in [1.29, 1.82) is 0 Å². The van der Waals surface area contributed by atoms with E-state index in [1.54, 1.807) is 0 Å². The molecule has 4 rings (SSSR count). The van der Waals surface area contributed by atoms with E-state index in [0.29, 0.717) is 13.2 Å². The van der Waals surface area contributed by atoms with Crippen molar-refractivity contribution in [3.63, 3.8) is 0 Å². The Morgan fingerprint density at radius 1 is 1.18 bits per heavy atom. The molecule has 1 saturated carbocycles. The number of rotatable bonds is 7. The lowest BCUT2D eigenvalue weighted by Gasteiger charge is -2.17. The fourth-order valence-electron chi connectivity index (χ4n) is 3.67. The number of carbonyl (C=O) groups is 1. The molecular formula is C23H27N3O2. The monoisotopic (exact) mass is 377 g/mol. The van der Waals surface area contributed by atoms with Gasteiger partial charge in [0.1, 0.15) is 18.2 Å². The fraction of sp³-hybridized carbons (Fsp3) is 0.391. The van der Waals surface area contributed by atoms with Gasteiger partial charge in [-0.25, -0.2) is 4.98 Å². The summed E-state index contributed by atoms with van der Waals surface area (Å²) in [6.07, 6.45) is 2.00. The molecule has 5 nitrogen and oxygen atoms in total. The molecule has 146 valence electrons. The Kier molecular flexibility index (Phi) is 5.07. The van der Waals surface area contributed by atoms with Crippen molar-refractivity contribution >= 4 is 16.9 Å². The molecule has 1 atom stereocenters. The number of carbonyl (C=O) groups excluding carboxylic acids is 1. The van der Waals surface area contributed by atoms with Crippen LogP contribution in [-0.2, 0) is 11.3 Å². The minimum absolute atomic E-state index is 0.137. The molecular weight excluding hydrogens is 350 g/mol. The zero-order valence-electron chi connectivity index (χ0n) is 16.7. The molecule has 28 heavy (non-hydrogen) atoms. The average Bonchev–Trinajstić information content (AvgIpc) is 3.46. The largest absolute Gasteiger partial charge is 0.491 e. The number of nitrogens with zero attached hydrogens (tertiary/aromatic N) is 2. The predicted octanol–water partition coefficient (Wildman–Crippen LogP) is 4.32. The number of imidazole rings is 1. The topological polar surface area (TPSA) is 56.1 Å². The first-order valence-electron chi connectivity index (χ1n) is 9.99. The molecule has 3 aromatic rings. The molecule has 1 aromatic heterocycles. The van der Waals surface area contributed by atoms with Crippen LogP contribution >= 0.6 is 0 Å². The highest BCUT2D eigenvalue weighted by Gasteiger charge is 2.31. The highest BCUT2D eigenvalue weighted by atomic mass is 16.5.